The Morgan fingerprint density at radius 3 is 2.25 bits per heavy atom. The maximum absolute atomic E-state index is 6.18. The first-order chi connectivity index (χ1) is 7.83. The molecule has 0 aromatic rings. The lowest BCUT2D eigenvalue weighted by atomic mass is 10.1. The van der Waals surface area contributed by atoms with Crippen molar-refractivity contribution in [1.29, 1.82) is 0 Å². The van der Waals surface area contributed by atoms with Gasteiger partial charge in [0, 0.05) is 44.8 Å². The smallest absolute Gasteiger partial charge is 0.0248 e. The molecule has 0 aromatic heterocycles. The van der Waals surface area contributed by atoms with Crippen molar-refractivity contribution in [3.05, 3.63) is 0 Å². The minimum Gasteiger partial charge on any atom is -0.326 e. The molecule has 3 heteroatoms. The van der Waals surface area contributed by atoms with E-state index in [-0.39, 0.29) is 0 Å². The number of piperazine rings is 1. The lowest BCUT2D eigenvalue weighted by Gasteiger charge is -2.39. The number of hydrogen-bond donors (Lipinski definition) is 1. The lowest BCUT2D eigenvalue weighted by Crippen LogP contribution is -2.54. The molecule has 2 saturated carbocycles. The summed E-state index contributed by atoms with van der Waals surface area (Å²) in [5.74, 6) is 1.04. The monoisotopic (exact) mass is 223 g/mol. The van der Waals surface area contributed by atoms with Gasteiger partial charge in [-0.1, -0.05) is 6.42 Å². The minimum absolute atomic E-state index is 0.454. The van der Waals surface area contributed by atoms with E-state index in [0.29, 0.717) is 12.1 Å². The summed E-state index contributed by atoms with van der Waals surface area (Å²) in [6, 6.07) is 1.15. The molecule has 2 N–H and O–H groups in total. The van der Waals surface area contributed by atoms with E-state index in [9.17, 15) is 0 Å². The van der Waals surface area contributed by atoms with Crippen LogP contribution in [0.2, 0.25) is 0 Å². The van der Waals surface area contributed by atoms with Gasteiger partial charge >= 0.3 is 0 Å². The summed E-state index contributed by atoms with van der Waals surface area (Å²) in [4.78, 5) is 5.32. The molecule has 1 aliphatic heterocycles. The number of nitrogens with zero attached hydrogens (tertiary/aromatic N) is 2. The number of hydrogen-bond acceptors (Lipinski definition) is 3. The Kier molecular flexibility index (Phi) is 3.18. The fourth-order valence-corrected chi connectivity index (χ4v) is 3.37. The van der Waals surface area contributed by atoms with E-state index in [0.717, 1.165) is 5.92 Å². The zero-order valence-corrected chi connectivity index (χ0v) is 10.3. The second kappa shape index (κ2) is 4.63. The third kappa shape index (κ3) is 2.41. The first-order valence-electron chi connectivity index (χ1n) is 7.05. The molecule has 1 heterocycles. The molecule has 0 amide bonds. The fourth-order valence-electron chi connectivity index (χ4n) is 3.37. The predicted molar refractivity (Wildman–Crippen MR) is 66.4 cm³/mol. The molecule has 1 saturated heterocycles. The van der Waals surface area contributed by atoms with Crippen molar-refractivity contribution in [3.63, 3.8) is 0 Å². The van der Waals surface area contributed by atoms with Crippen LogP contribution in [0.5, 0.6) is 0 Å². The summed E-state index contributed by atoms with van der Waals surface area (Å²) in [5.41, 5.74) is 6.18. The molecule has 2 atom stereocenters. The van der Waals surface area contributed by atoms with Gasteiger partial charge in [0.05, 0.1) is 0 Å². The quantitative estimate of drug-likeness (QED) is 0.771. The van der Waals surface area contributed by atoms with Crippen LogP contribution in [0.4, 0.5) is 0 Å². The summed E-state index contributed by atoms with van der Waals surface area (Å²) in [7, 11) is 0. The van der Waals surface area contributed by atoms with Crippen molar-refractivity contribution in [1.82, 2.24) is 9.80 Å². The van der Waals surface area contributed by atoms with Crippen molar-refractivity contribution in [2.75, 3.05) is 32.7 Å². The van der Waals surface area contributed by atoms with Gasteiger partial charge in [-0.15, -0.1) is 0 Å². The largest absolute Gasteiger partial charge is 0.326 e. The Morgan fingerprint density at radius 1 is 0.938 bits per heavy atom. The zero-order chi connectivity index (χ0) is 11.0. The fraction of sp³-hybridized carbons (Fsp3) is 1.00. The second-order valence-electron chi connectivity index (χ2n) is 5.94. The summed E-state index contributed by atoms with van der Waals surface area (Å²) in [6.45, 7) is 6.43. The summed E-state index contributed by atoms with van der Waals surface area (Å²) in [6.07, 6.45) is 6.88. The minimum atomic E-state index is 0.454. The molecular weight excluding hydrogens is 198 g/mol. The van der Waals surface area contributed by atoms with Crippen LogP contribution < -0.4 is 5.73 Å². The van der Waals surface area contributed by atoms with Crippen LogP contribution in [0.15, 0.2) is 0 Å². The van der Waals surface area contributed by atoms with Crippen molar-refractivity contribution >= 4 is 0 Å². The Labute approximate surface area is 99.0 Å². The highest BCUT2D eigenvalue weighted by molar-refractivity contribution is 4.90. The molecule has 3 fully saturated rings. The summed E-state index contributed by atoms with van der Waals surface area (Å²) in [5, 5.41) is 0. The molecule has 2 unspecified atom stereocenters. The third-order valence-electron chi connectivity index (χ3n) is 4.62. The van der Waals surface area contributed by atoms with Crippen molar-refractivity contribution in [3.8, 4) is 0 Å². The van der Waals surface area contributed by atoms with Gasteiger partial charge in [-0.2, -0.15) is 0 Å². The highest BCUT2D eigenvalue weighted by Gasteiger charge is 2.32. The Bertz CT molecular complexity index is 231. The maximum Gasteiger partial charge on any atom is 0.0248 e. The van der Waals surface area contributed by atoms with Crippen LogP contribution >= 0.6 is 0 Å². The first-order valence-corrected chi connectivity index (χ1v) is 7.05. The summed E-state index contributed by atoms with van der Waals surface area (Å²) < 4.78 is 0. The first kappa shape index (κ1) is 11.0. The van der Waals surface area contributed by atoms with E-state index < -0.39 is 0 Å². The third-order valence-corrected chi connectivity index (χ3v) is 4.62. The van der Waals surface area contributed by atoms with Crippen LogP contribution in [0.25, 0.3) is 0 Å². The number of rotatable bonds is 3. The summed E-state index contributed by atoms with van der Waals surface area (Å²) >= 11 is 0. The molecule has 2 aliphatic carbocycles. The molecule has 0 radical (unpaired) electrons. The van der Waals surface area contributed by atoms with E-state index in [1.54, 1.807) is 0 Å². The van der Waals surface area contributed by atoms with Gasteiger partial charge < -0.3 is 10.6 Å². The normalized spacial score (nSPS) is 38.1. The average molecular weight is 223 g/mol. The van der Waals surface area contributed by atoms with Crippen LogP contribution in [0, 0.1) is 5.92 Å². The van der Waals surface area contributed by atoms with Crippen LogP contribution in [-0.2, 0) is 0 Å². The Hall–Kier alpha value is -0.120. The van der Waals surface area contributed by atoms with Gasteiger partial charge in [-0.05, 0) is 31.6 Å². The van der Waals surface area contributed by atoms with Gasteiger partial charge in [-0.25, -0.2) is 0 Å². The van der Waals surface area contributed by atoms with E-state index in [1.807, 2.05) is 0 Å². The molecular formula is C13H25N3. The van der Waals surface area contributed by atoms with Crippen LogP contribution in [0.1, 0.15) is 32.1 Å². The zero-order valence-electron chi connectivity index (χ0n) is 10.3. The lowest BCUT2D eigenvalue weighted by molar-refractivity contribution is 0.0893. The van der Waals surface area contributed by atoms with Gasteiger partial charge in [0.15, 0.2) is 0 Å². The molecule has 3 aliphatic rings. The van der Waals surface area contributed by atoms with E-state index in [4.69, 9.17) is 5.73 Å². The molecule has 3 nitrogen and oxygen atoms in total. The Balaban J connectivity index is 1.46. The standard InChI is InChI=1S/C13H25N3/c14-12-2-1-3-13(12)16-8-6-15(7-9-16)10-11-4-5-11/h11-13H,1-10,14H2. The molecule has 0 bridgehead atoms. The van der Waals surface area contributed by atoms with Crippen LogP contribution in [0.3, 0.4) is 0 Å². The molecule has 0 spiro atoms. The molecule has 0 aromatic carbocycles. The van der Waals surface area contributed by atoms with Gasteiger partial charge in [0.25, 0.3) is 0 Å². The second-order valence-corrected chi connectivity index (χ2v) is 5.94. The Morgan fingerprint density at radius 2 is 1.69 bits per heavy atom. The van der Waals surface area contributed by atoms with E-state index in [1.165, 1.54) is 64.8 Å². The molecule has 92 valence electrons. The molecule has 3 rings (SSSR count). The van der Waals surface area contributed by atoms with E-state index >= 15 is 0 Å². The number of nitrogens with two attached hydrogens (primary N) is 1. The topological polar surface area (TPSA) is 32.5 Å². The van der Waals surface area contributed by atoms with Gasteiger partial charge in [0.1, 0.15) is 0 Å². The van der Waals surface area contributed by atoms with Crippen LogP contribution in [-0.4, -0.2) is 54.6 Å². The van der Waals surface area contributed by atoms with Gasteiger partial charge in [-0.3, -0.25) is 4.90 Å². The highest BCUT2D eigenvalue weighted by atomic mass is 15.3. The maximum atomic E-state index is 6.18. The van der Waals surface area contributed by atoms with Crippen molar-refractivity contribution in [2.45, 2.75) is 44.2 Å². The molecule has 16 heavy (non-hydrogen) atoms. The van der Waals surface area contributed by atoms with Crippen molar-refractivity contribution in [2.24, 2.45) is 11.7 Å². The van der Waals surface area contributed by atoms with E-state index in [2.05, 4.69) is 9.80 Å². The predicted octanol–water partition coefficient (Wildman–Crippen LogP) is 0.894. The van der Waals surface area contributed by atoms with Crippen molar-refractivity contribution < 1.29 is 0 Å². The SMILES string of the molecule is NC1CCCC1N1CCN(CC2CC2)CC1. The highest BCUT2D eigenvalue weighted by Crippen LogP contribution is 2.30. The average Bonchev–Trinajstić information content (AvgIpc) is 3.00. The van der Waals surface area contributed by atoms with Gasteiger partial charge in [0.2, 0.25) is 0 Å².